The van der Waals surface area contributed by atoms with Crippen LogP contribution in [0.15, 0.2) is 45.5 Å². The first-order chi connectivity index (χ1) is 12.4. The number of rotatable bonds is 6. The molecule has 142 valence electrons. The van der Waals surface area contributed by atoms with E-state index in [2.05, 4.69) is 28.2 Å². The van der Waals surface area contributed by atoms with Gasteiger partial charge in [-0.1, -0.05) is 12.1 Å². The Bertz CT molecular complexity index is 816. The molecule has 1 saturated heterocycles. The monoisotopic (exact) mass is 410 g/mol. The van der Waals surface area contributed by atoms with E-state index in [1.54, 1.807) is 12.1 Å². The van der Waals surface area contributed by atoms with Crippen molar-refractivity contribution in [1.29, 1.82) is 0 Å². The fourth-order valence-corrected chi connectivity index (χ4v) is 5.48. The molecule has 26 heavy (non-hydrogen) atoms. The van der Waals surface area contributed by atoms with E-state index in [4.69, 9.17) is 0 Å². The van der Waals surface area contributed by atoms with Gasteiger partial charge in [-0.3, -0.25) is 9.80 Å². The van der Waals surface area contributed by atoms with E-state index >= 15 is 0 Å². The second-order valence-corrected chi connectivity index (χ2v) is 11.0. The smallest absolute Gasteiger partial charge is 0.175 e. The molecule has 1 fully saturated rings. The van der Waals surface area contributed by atoms with Gasteiger partial charge in [-0.05, 0) is 55.6 Å². The maximum atomic E-state index is 11.6. The van der Waals surface area contributed by atoms with Crippen molar-refractivity contribution in [3.05, 3.63) is 46.8 Å². The van der Waals surface area contributed by atoms with Crippen LogP contribution in [0.2, 0.25) is 0 Å². The van der Waals surface area contributed by atoms with Gasteiger partial charge in [0.2, 0.25) is 0 Å². The van der Waals surface area contributed by atoms with Crippen LogP contribution in [0.4, 0.5) is 0 Å². The standard InChI is InChI=1S/C19H26N2O2S3/c1-24-19-9-6-17(25-19)15-21-11-3-10-20(12-13-21)14-16-4-7-18(8-5-16)26(2,22)23/h4-9H,3,10-15H2,1-2H3. The third-order valence-corrected chi connectivity index (χ3v) is 7.94. The first kappa shape index (κ1) is 19.9. The van der Waals surface area contributed by atoms with Crippen LogP contribution in [-0.2, 0) is 22.9 Å². The zero-order valence-corrected chi connectivity index (χ0v) is 17.8. The fraction of sp³-hybridized carbons (Fsp3) is 0.474. The summed E-state index contributed by atoms with van der Waals surface area (Å²) in [6.45, 7) is 6.28. The SMILES string of the molecule is CSc1ccc(CN2CCCN(Cc3ccc(S(C)(=O)=O)cc3)CC2)s1. The van der Waals surface area contributed by atoms with Crippen LogP contribution >= 0.6 is 23.1 Å². The van der Waals surface area contributed by atoms with Crippen molar-refractivity contribution < 1.29 is 8.42 Å². The molecule has 0 amide bonds. The summed E-state index contributed by atoms with van der Waals surface area (Å²) >= 11 is 3.71. The summed E-state index contributed by atoms with van der Waals surface area (Å²) < 4.78 is 24.5. The summed E-state index contributed by atoms with van der Waals surface area (Å²) in [5, 5.41) is 0. The topological polar surface area (TPSA) is 40.6 Å². The molecule has 2 aromatic rings. The van der Waals surface area contributed by atoms with E-state index in [1.165, 1.54) is 27.3 Å². The minimum atomic E-state index is -3.12. The van der Waals surface area contributed by atoms with Gasteiger partial charge in [0.05, 0.1) is 9.10 Å². The Balaban J connectivity index is 1.53. The van der Waals surface area contributed by atoms with Crippen molar-refractivity contribution in [2.45, 2.75) is 28.6 Å². The summed E-state index contributed by atoms with van der Waals surface area (Å²) in [5.41, 5.74) is 1.17. The average Bonchev–Trinajstić information content (AvgIpc) is 2.95. The quantitative estimate of drug-likeness (QED) is 0.681. The van der Waals surface area contributed by atoms with Gasteiger partial charge in [-0.2, -0.15) is 0 Å². The Labute approximate surface area is 165 Å². The van der Waals surface area contributed by atoms with Crippen LogP contribution in [-0.4, -0.2) is 56.9 Å². The van der Waals surface area contributed by atoms with Crippen molar-refractivity contribution in [2.75, 3.05) is 38.7 Å². The Morgan fingerprint density at radius 3 is 2.19 bits per heavy atom. The molecule has 0 bridgehead atoms. The summed E-state index contributed by atoms with van der Waals surface area (Å²) in [4.78, 5) is 6.85. The summed E-state index contributed by atoms with van der Waals surface area (Å²) in [6.07, 6.45) is 4.55. The first-order valence-electron chi connectivity index (χ1n) is 8.80. The number of thioether (sulfide) groups is 1. The fourth-order valence-electron chi connectivity index (χ4n) is 3.21. The van der Waals surface area contributed by atoms with Crippen LogP contribution in [0.3, 0.4) is 0 Å². The van der Waals surface area contributed by atoms with E-state index < -0.39 is 9.84 Å². The lowest BCUT2D eigenvalue weighted by molar-refractivity contribution is 0.248. The number of sulfone groups is 1. The largest absolute Gasteiger partial charge is 0.298 e. The molecule has 4 nitrogen and oxygen atoms in total. The molecule has 0 unspecified atom stereocenters. The van der Waals surface area contributed by atoms with Gasteiger partial charge < -0.3 is 0 Å². The van der Waals surface area contributed by atoms with E-state index in [0.717, 1.165) is 39.3 Å². The number of thiophene rings is 1. The molecule has 0 aliphatic carbocycles. The Kier molecular flexibility index (Phi) is 6.80. The Morgan fingerprint density at radius 2 is 1.62 bits per heavy atom. The predicted octanol–water partition coefficient (Wildman–Crippen LogP) is 3.58. The minimum absolute atomic E-state index is 0.392. The maximum Gasteiger partial charge on any atom is 0.175 e. The Hall–Kier alpha value is -0.860. The molecule has 0 atom stereocenters. The van der Waals surface area contributed by atoms with E-state index in [-0.39, 0.29) is 0 Å². The third kappa shape index (κ3) is 5.57. The molecule has 1 aliphatic rings. The first-order valence-corrected chi connectivity index (χ1v) is 12.7. The van der Waals surface area contributed by atoms with Gasteiger partial charge in [0.25, 0.3) is 0 Å². The molecular formula is C19H26N2O2S3. The highest BCUT2D eigenvalue weighted by Gasteiger charge is 2.16. The highest BCUT2D eigenvalue weighted by molar-refractivity contribution is 8.00. The molecule has 3 rings (SSSR count). The van der Waals surface area contributed by atoms with Gasteiger partial charge >= 0.3 is 0 Å². The van der Waals surface area contributed by atoms with Gasteiger partial charge in [-0.25, -0.2) is 8.42 Å². The lowest BCUT2D eigenvalue weighted by Crippen LogP contribution is -2.30. The van der Waals surface area contributed by atoms with Crippen molar-refractivity contribution in [3.63, 3.8) is 0 Å². The van der Waals surface area contributed by atoms with Crippen molar-refractivity contribution in [3.8, 4) is 0 Å². The van der Waals surface area contributed by atoms with E-state index in [9.17, 15) is 8.42 Å². The van der Waals surface area contributed by atoms with Crippen LogP contribution < -0.4 is 0 Å². The predicted molar refractivity (Wildman–Crippen MR) is 111 cm³/mol. The summed E-state index contributed by atoms with van der Waals surface area (Å²) in [5.74, 6) is 0. The third-order valence-electron chi connectivity index (χ3n) is 4.66. The Morgan fingerprint density at radius 1 is 0.962 bits per heavy atom. The average molecular weight is 411 g/mol. The molecular weight excluding hydrogens is 384 g/mol. The van der Waals surface area contributed by atoms with E-state index in [0.29, 0.717) is 4.90 Å². The number of benzene rings is 1. The van der Waals surface area contributed by atoms with Crippen molar-refractivity contribution in [2.24, 2.45) is 0 Å². The van der Waals surface area contributed by atoms with E-state index in [1.807, 2.05) is 35.2 Å². The molecule has 0 saturated carbocycles. The molecule has 0 radical (unpaired) electrons. The van der Waals surface area contributed by atoms with Crippen molar-refractivity contribution in [1.82, 2.24) is 9.80 Å². The molecule has 1 aromatic carbocycles. The zero-order chi connectivity index (χ0) is 18.6. The van der Waals surface area contributed by atoms with Crippen LogP contribution in [0.25, 0.3) is 0 Å². The normalized spacial score (nSPS) is 17.3. The lowest BCUT2D eigenvalue weighted by Gasteiger charge is -2.21. The second kappa shape index (κ2) is 8.89. The van der Waals surface area contributed by atoms with Crippen LogP contribution in [0.1, 0.15) is 16.9 Å². The van der Waals surface area contributed by atoms with Crippen LogP contribution in [0.5, 0.6) is 0 Å². The van der Waals surface area contributed by atoms with Gasteiger partial charge in [-0.15, -0.1) is 23.1 Å². The number of hydrogen-bond acceptors (Lipinski definition) is 6. The minimum Gasteiger partial charge on any atom is -0.298 e. The molecule has 0 N–H and O–H groups in total. The number of nitrogens with zero attached hydrogens (tertiary/aromatic N) is 2. The highest BCUT2D eigenvalue weighted by atomic mass is 32.2. The molecule has 2 heterocycles. The lowest BCUT2D eigenvalue weighted by atomic mass is 10.2. The summed E-state index contributed by atoms with van der Waals surface area (Å²) in [6, 6.07) is 11.8. The van der Waals surface area contributed by atoms with Crippen molar-refractivity contribution >= 4 is 32.9 Å². The molecule has 7 heteroatoms. The number of hydrogen-bond donors (Lipinski definition) is 0. The van der Waals surface area contributed by atoms with Crippen LogP contribution in [0, 0.1) is 0 Å². The second-order valence-electron chi connectivity index (χ2n) is 6.75. The molecule has 0 spiro atoms. The maximum absolute atomic E-state index is 11.6. The molecule has 1 aromatic heterocycles. The summed E-state index contributed by atoms with van der Waals surface area (Å²) in [7, 11) is -3.12. The van der Waals surface area contributed by atoms with Gasteiger partial charge in [0.15, 0.2) is 9.84 Å². The van der Waals surface area contributed by atoms with Gasteiger partial charge in [0, 0.05) is 37.3 Å². The highest BCUT2D eigenvalue weighted by Crippen LogP contribution is 2.26. The molecule has 1 aliphatic heterocycles. The zero-order valence-electron chi connectivity index (χ0n) is 15.3. The van der Waals surface area contributed by atoms with Gasteiger partial charge in [0.1, 0.15) is 0 Å².